The second-order valence-electron chi connectivity index (χ2n) is 7.92. The lowest BCUT2D eigenvalue weighted by molar-refractivity contribution is -0.139. The van der Waals surface area contributed by atoms with E-state index in [1.54, 1.807) is 12.1 Å². The average Bonchev–Trinajstić information content (AvgIpc) is 2.83. The van der Waals surface area contributed by atoms with Gasteiger partial charge in [-0.3, -0.25) is 4.79 Å². The molecule has 4 aromatic rings. The van der Waals surface area contributed by atoms with Crippen molar-refractivity contribution in [1.82, 2.24) is 5.32 Å². The summed E-state index contributed by atoms with van der Waals surface area (Å²) in [7, 11) is 0. The van der Waals surface area contributed by atoms with Gasteiger partial charge in [0.15, 0.2) is 0 Å². The molecule has 4 rings (SSSR count). The van der Waals surface area contributed by atoms with Crippen molar-refractivity contribution in [3.8, 4) is 0 Å². The summed E-state index contributed by atoms with van der Waals surface area (Å²) in [4.78, 5) is 24.9. The summed E-state index contributed by atoms with van der Waals surface area (Å²) < 4.78 is 0.896. The molecule has 7 heteroatoms. The summed E-state index contributed by atoms with van der Waals surface area (Å²) in [5.41, 5.74) is 2.72. The molecule has 0 aliphatic heterocycles. The predicted molar refractivity (Wildman–Crippen MR) is 139 cm³/mol. The van der Waals surface area contributed by atoms with Crippen molar-refractivity contribution < 1.29 is 14.7 Å². The summed E-state index contributed by atoms with van der Waals surface area (Å²) in [5, 5.41) is 18.3. The van der Waals surface area contributed by atoms with E-state index in [1.807, 2.05) is 42.5 Å². The SMILES string of the molecule is O=C(NC(Cc1ccc(Br)cc1)C(=O)O)c1cc(Cl)ccc1NCc1ccc2ccccc2c1. The smallest absolute Gasteiger partial charge is 0.326 e. The highest BCUT2D eigenvalue weighted by Crippen LogP contribution is 2.23. The number of carboxylic acids is 1. The predicted octanol–water partition coefficient (Wildman–Crippen LogP) is 6.29. The third kappa shape index (κ3) is 5.95. The van der Waals surface area contributed by atoms with Crippen LogP contribution in [0.2, 0.25) is 5.02 Å². The molecule has 0 aromatic heterocycles. The fourth-order valence-corrected chi connectivity index (χ4v) is 4.13. The Morgan fingerprint density at radius 2 is 1.59 bits per heavy atom. The zero-order valence-electron chi connectivity index (χ0n) is 18.1. The number of carbonyl (C=O) groups is 2. The molecule has 0 fully saturated rings. The second-order valence-corrected chi connectivity index (χ2v) is 9.27. The number of hydrogen-bond acceptors (Lipinski definition) is 3. The van der Waals surface area contributed by atoms with Crippen LogP contribution in [0.5, 0.6) is 0 Å². The number of halogens is 2. The third-order valence-electron chi connectivity index (χ3n) is 5.48. The minimum Gasteiger partial charge on any atom is -0.480 e. The van der Waals surface area contributed by atoms with Crippen molar-refractivity contribution in [1.29, 1.82) is 0 Å². The van der Waals surface area contributed by atoms with Gasteiger partial charge in [-0.2, -0.15) is 0 Å². The molecule has 0 heterocycles. The molecule has 1 amide bonds. The summed E-state index contributed by atoms with van der Waals surface area (Å²) in [6.45, 7) is 0.494. The lowest BCUT2D eigenvalue weighted by Crippen LogP contribution is -2.42. The maximum Gasteiger partial charge on any atom is 0.326 e. The van der Waals surface area contributed by atoms with Gasteiger partial charge in [0.05, 0.1) is 5.56 Å². The molecule has 0 saturated carbocycles. The first kappa shape index (κ1) is 23.8. The van der Waals surface area contributed by atoms with Crippen LogP contribution in [0.4, 0.5) is 5.69 Å². The van der Waals surface area contributed by atoms with Gasteiger partial charge in [0.25, 0.3) is 5.91 Å². The third-order valence-corrected chi connectivity index (χ3v) is 6.24. The Morgan fingerprint density at radius 1 is 0.882 bits per heavy atom. The number of carboxylic acid groups (broad SMARTS) is 1. The molecular weight excluding hydrogens is 516 g/mol. The number of hydrogen-bond donors (Lipinski definition) is 3. The van der Waals surface area contributed by atoms with E-state index in [-0.39, 0.29) is 12.0 Å². The highest BCUT2D eigenvalue weighted by Gasteiger charge is 2.23. The van der Waals surface area contributed by atoms with Gasteiger partial charge in [-0.1, -0.05) is 76.1 Å². The Kier molecular flexibility index (Phi) is 7.50. The van der Waals surface area contributed by atoms with Crippen LogP contribution in [0, 0.1) is 0 Å². The highest BCUT2D eigenvalue weighted by atomic mass is 79.9. The summed E-state index contributed by atoms with van der Waals surface area (Å²) in [5.74, 6) is -1.61. The lowest BCUT2D eigenvalue weighted by atomic mass is 10.0. The molecule has 0 saturated heterocycles. The van der Waals surface area contributed by atoms with Crippen molar-refractivity contribution in [2.75, 3.05) is 5.32 Å². The second kappa shape index (κ2) is 10.7. The first-order chi connectivity index (χ1) is 16.4. The van der Waals surface area contributed by atoms with Crippen molar-refractivity contribution >= 4 is 55.9 Å². The fraction of sp³-hybridized carbons (Fsp3) is 0.111. The Balaban J connectivity index is 1.50. The number of anilines is 1. The van der Waals surface area contributed by atoms with Crippen LogP contribution in [0.3, 0.4) is 0 Å². The van der Waals surface area contributed by atoms with E-state index in [0.29, 0.717) is 17.3 Å². The first-order valence-corrected chi connectivity index (χ1v) is 11.9. The van der Waals surface area contributed by atoms with Gasteiger partial charge < -0.3 is 15.7 Å². The Morgan fingerprint density at radius 3 is 2.32 bits per heavy atom. The maximum atomic E-state index is 13.1. The molecule has 0 aliphatic rings. The molecule has 0 radical (unpaired) electrons. The minimum atomic E-state index is -1.11. The summed E-state index contributed by atoms with van der Waals surface area (Å²) >= 11 is 9.52. The Bertz CT molecular complexity index is 1340. The van der Waals surface area contributed by atoms with Crippen LogP contribution in [0.25, 0.3) is 10.8 Å². The topological polar surface area (TPSA) is 78.4 Å². The molecular formula is C27H22BrClN2O3. The largest absolute Gasteiger partial charge is 0.480 e. The van der Waals surface area contributed by atoms with E-state index >= 15 is 0 Å². The molecule has 0 aliphatic carbocycles. The van der Waals surface area contributed by atoms with Gasteiger partial charge in [-0.15, -0.1) is 0 Å². The summed E-state index contributed by atoms with van der Waals surface area (Å²) in [6, 6.07) is 25.5. The van der Waals surface area contributed by atoms with Crippen LogP contribution in [0.1, 0.15) is 21.5 Å². The normalized spacial score (nSPS) is 11.7. The molecule has 3 N–H and O–H groups in total. The van der Waals surface area contributed by atoms with Crippen LogP contribution in [-0.2, 0) is 17.8 Å². The number of nitrogens with one attached hydrogen (secondary N) is 2. The number of rotatable bonds is 8. The van der Waals surface area contributed by atoms with Gasteiger partial charge in [-0.05, 0) is 58.3 Å². The van der Waals surface area contributed by atoms with Crippen LogP contribution in [-0.4, -0.2) is 23.0 Å². The summed E-state index contributed by atoms with van der Waals surface area (Å²) in [6.07, 6.45) is 0.161. The monoisotopic (exact) mass is 536 g/mol. The highest BCUT2D eigenvalue weighted by molar-refractivity contribution is 9.10. The van der Waals surface area contributed by atoms with Gasteiger partial charge in [0.1, 0.15) is 6.04 Å². The lowest BCUT2D eigenvalue weighted by Gasteiger charge is -2.17. The van der Waals surface area contributed by atoms with Crippen LogP contribution < -0.4 is 10.6 Å². The van der Waals surface area contributed by atoms with E-state index in [1.165, 1.54) is 6.07 Å². The van der Waals surface area contributed by atoms with Crippen molar-refractivity contribution in [2.45, 2.75) is 19.0 Å². The molecule has 172 valence electrons. The van der Waals surface area contributed by atoms with Crippen LogP contribution >= 0.6 is 27.5 Å². The average molecular weight is 538 g/mol. The first-order valence-electron chi connectivity index (χ1n) is 10.7. The van der Waals surface area contributed by atoms with Gasteiger partial charge in [0, 0.05) is 28.1 Å². The maximum absolute atomic E-state index is 13.1. The number of carbonyl (C=O) groups excluding carboxylic acids is 1. The van der Waals surface area contributed by atoms with Gasteiger partial charge in [-0.25, -0.2) is 4.79 Å². The fourth-order valence-electron chi connectivity index (χ4n) is 3.70. The van der Waals surface area contributed by atoms with E-state index in [4.69, 9.17) is 11.6 Å². The van der Waals surface area contributed by atoms with E-state index < -0.39 is 17.9 Å². The van der Waals surface area contributed by atoms with E-state index in [2.05, 4.69) is 50.8 Å². The van der Waals surface area contributed by atoms with Gasteiger partial charge in [0.2, 0.25) is 0 Å². The molecule has 34 heavy (non-hydrogen) atoms. The standard InChI is InChI=1S/C27H22BrClN2O3/c28-21-9-6-17(7-10-21)14-25(27(33)34)31-26(32)23-15-22(29)11-12-24(23)30-16-18-5-8-19-3-1-2-4-20(19)13-18/h1-13,15,25,30H,14,16H2,(H,31,32)(H,33,34). The quantitative estimate of drug-likeness (QED) is 0.247. The Labute approximate surface area is 210 Å². The molecule has 1 atom stereocenters. The van der Waals surface area contributed by atoms with E-state index in [9.17, 15) is 14.7 Å². The van der Waals surface area contributed by atoms with Crippen LogP contribution in [0.15, 0.2) is 89.4 Å². The van der Waals surface area contributed by atoms with E-state index in [0.717, 1.165) is 26.4 Å². The van der Waals surface area contributed by atoms with Crippen molar-refractivity contribution in [3.05, 3.63) is 111 Å². The minimum absolute atomic E-state index is 0.161. The number of amides is 1. The molecule has 1 unspecified atom stereocenters. The van der Waals surface area contributed by atoms with Crippen molar-refractivity contribution in [2.24, 2.45) is 0 Å². The molecule has 0 bridgehead atoms. The zero-order valence-corrected chi connectivity index (χ0v) is 20.4. The molecule has 4 aromatic carbocycles. The van der Waals surface area contributed by atoms with Gasteiger partial charge >= 0.3 is 5.97 Å². The Hall–Kier alpha value is -3.35. The molecule has 0 spiro atoms. The number of benzene rings is 4. The van der Waals surface area contributed by atoms with Crippen molar-refractivity contribution in [3.63, 3.8) is 0 Å². The zero-order chi connectivity index (χ0) is 24.1. The number of fused-ring (bicyclic) bond motifs is 1. The molecule has 5 nitrogen and oxygen atoms in total. The number of aliphatic carboxylic acids is 1.